The molecule has 2 aliphatic rings. The van der Waals surface area contributed by atoms with Gasteiger partial charge in [0.25, 0.3) is 0 Å². The molecule has 2 aliphatic heterocycles. The normalized spacial score (nSPS) is 14.8. The Labute approximate surface area is 407 Å². The summed E-state index contributed by atoms with van der Waals surface area (Å²) in [4.78, 5) is 42.9. The van der Waals surface area contributed by atoms with Crippen LogP contribution in [0.3, 0.4) is 0 Å². The van der Waals surface area contributed by atoms with Gasteiger partial charge < -0.3 is 23.7 Å². The lowest BCUT2D eigenvalue weighted by molar-refractivity contribution is 0.0979. The molecule has 5 aromatic carbocycles. The molecule has 2 fully saturated rings. The summed E-state index contributed by atoms with van der Waals surface area (Å²) >= 11 is 0. The quantitative estimate of drug-likeness (QED) is 0.0716. The van der Waals surface area contributed by atoms with Gasteiger partial charge in [-0.3, -0.25) is 9.59 Å². The van der Waals surface area contributed by atoms with Crippen LogP contribution in [0, 0.1) is 6.92 Å². The van der Waals surface area contributed by atoms with Crippen molar-refractivity contribution in [2.45, 2.75) is 70.7 Å². The van der Waals surface area contributed by atoms with Crippen LogP contribution in [0.2, 0.25) is 0 Å². The van der Waals surface area contributed by atoms with Crippen molar-refractivity contribution in [1.29, 1.82) is 0 Å². The number of fused-ring (bicyclic) bond motifs is 1. The Kier molecular flexibility index (Phi) is 15.1. The highest BCUT2D eigenvalue weighted by molar-refractivity contribution is 5.96. The van der Waals surface area contributed by atoms with Crippen LogP contribution in [0.15, 0.2) is 149 Å². The van der Waals surface area contributed by atoms with Crippen LogP contribution in [0.5, 0.6) is 11.5 Å². The number of nitrogens with zero attached hydrogens (tertiary/aromatic N) is 8. The van der Waals surface area contributed by atoms with E-state index in [1.165, 1.54) is 0 Å². The summed E-state index contributed by atoms with van der Waals surface area (Å²) < 4.78 is 21.3. The minimum Gasteiger partial charge on any atom is -0.490 e. The van der Waals surface area contributed by atoms with E-state index in [1.807, 2.05) is 104 Å². The molecule has 0 atom stereocenters. The third kappa shape index (κ3) is 12.4. The fraction of sp³-hybridized carbons (Fsp3) is 0.304. The van der Waals surface area contributed by atoms with Crippen molar-refractivity contribution in [3.63, 3.8) is 0 Å². The van der Waals surface area contributed by atoms with E-state index in [1.54, 1.807) is 27.8 Å². The van der Waals surface area contributed by atoms with Gasteiger partial charge in [-0.1, -0.05) is 107 Å². The van der Waals surface area contributed by atoms with E-state index in [2.05, 4.69) is 68.8 Å². The monoisotopic (exact) mass is 938 g/mol. The summed E-state index contributed by atoms with van der Waals surface area (Å²) in [5.41, 5.74) is 7.04. The van der Waals surface area contributed by atoms with E-state index in [9.17, 15) is 14.4 Å². The first kappa shape index (κ1) is 47.5. The Morgan fingerprint density at radius 3 is 1.64 bits per heavy atom. The van der Waals surface area contributed by atoms with Gasteiger partial charge in [0.2, 0.25) is 0 Å². The lowest BCUT2D eigenvalue weighted by Gasteiger charge is -2.29. The maximum absolute atomic E-state index is 12.8. The van der Waals surface area contributed by atoms with Crippen LogP contribution >= 0.6 is 0 Å². The number of carbonyl (C=O) groups is 2. The molecule has 3 aromatic heterocycles. The van der Waals surface area contributed by atoms with Gasteiger partial charge >= 0.3 is 5.63 Å². The van der Waals surface area contributed by atoms with Gasteiger partial charge in [-0.15, -0.1) is 10.2 Å². The van der Waals surface area contributed by atoms with Gasteiger partial charge in [-0.2, -0.15) is 0 Å². The van der Waals surface area contributed by atoms with Gasteiger partial charge in [-0.25, -0.2) is 14.2 Å². The Bertz CT molecular complexity index is 3060. The summed E-state index contributed by atoms with van der Waals surface area (Å²) in [5.74, 6) is 1.34. The van der Waals surface area contributed by atoms with Crippen molar-refractivity contribution in [2.75, 3.05) is 40.3 Å². The SMILES string of the molecule is CN1CCC(Oc2ccc(-c3ccc(CC(=O)c4cn(Cc5ccccc5)nn4)cc3)cc2)CC1.Cc1c(OC2CCN(C)CC2)ccc2cc(CC(=O)c3cn(Cc4ccccc4)nn3)c(=O)oc12. The Hall–Kier alpha value is -7.55. The molecule has 0 bridgehead atoms. The average Bonchev–Trinajstić information content (AvgIpc) is 4.06. The van der Waals surface area contributed by atoms with E-state index < -0.39 is 5.63 Å². The van der Waals surface area contributed by atoms with Gasteiger partial charge in [0.05, 0.1) is 25.5 Å². The van der Waals surface area contributed by atoms with Crippen LogP contribution in [-0.4, -0.2) is 104 Å². The molecule has 8 aromatic rings. The number of hydrogen-bond acceptors (Lipinski definition) is 12. The summed E-state index contributed by atoms with van der Waals surface area (Å²) in [7, 11) is 4.27. The van der Waals surface area contributed by atoms with Crippen molar-refractivity contribution in [3.8, 4) is 22.6 Å². The summed E-state index contributed by atoms with van der Waals surface area (Å²) in [6.07, 6.45) is 8.05. The van der Waals surface area contributed by atoms with Crippen LogP contribution in [0.4, 0.5) is 0 Å². The molecule has 5 heterocycles. The Balaban J connectivity index is 0.000000174. The molecule has 0 N–H and O–H groups in total. The third-order valence-corrected chi connectivity index (χ3v) is 13.0. The van der Waals surface area contributed by atoms with Gasteiger partial charge in [0, 0.05) is 55.5 Å². The molecule has 0 unspecified atom stereocenters. The predicted octanol–water partition coefficient (Wildman–Crippen LogP) is 8.53. The van der Waals surface area contributed by atoms with Gasteiger partial charge in [0.1, 0.15) is 40.7 Å². The number of Topliss-reactive ketones (excluding diaryl/α,β-unsaturated/α-hetero) is 2. The van der Waals surface area contributed by atoms with Gasteiger partial charge in [0.15, 0.2) is 11.6 Å². The molecule has 10 rings (SSSR count). The summed E-state index contributed by atoms with van der Waals surface area (Å²) in [6, 6.07) is 41.7. The second kappa shape index (κ2) is 22.3. The first-order chi connectivity index (χ1) is 34.1. The zero-order valence-electron chi connectivity index (χ0n) is 39.9. The van der Waals surface area contributed by atoms with Crippen molar-refractivity contribution in [3.05, 3.63) is 189 Å². The zero-order valence-corrected chi connectivity index (χ0v) is 39.9. The minimum absolute atomic E-state index is 0.0348. The number of ketones is 2. The second-order valence-corrected chi connectivity index (χ2v) is 18.4. The molecule has 70 heavy (non-hydrogen) atoms. The highest BCUT2D eigenvalue weighted by Gasteiger charge is 2.22. The van der Waals surface area contributed by atoms with E-state index in [4.69, 9.17) is 13.9 Å². The highest BCUT2D eigenvalue weighted by atomic mass is 16.5. The molecular formula is C56H58N8O6. The van der Waals surface area contributed by atoms with Gasteiger partial charge in [-0.05, 0) is 105 Å². The Morgan fingerprint density at radius 1 is 0.600 bits per heavy atom. The molecule has 14 nitrogen and oxygen atoms in total. The third-order valence-electron chi connectivity index (χ3n) is 13.0. The maximum atomic E-state index is 12.8. The number of benzene rings is 5. The summed E-state index contributed by atoms with van der Waals surface area (Å²) in [6.45, 7) is 7.19. The molecule has 0 radical (unpaired) electrons. The molecule has 358 valence electrons. The van der Waals surface area contributed by atoms with Crippen molar-refractivity contribution >= 4 is 22.5 Å². The molecule has 0 amide bonds. The van der Waals surface area contributed by atoms with Crippen molar-refractivity contribution in [2.24, 2.45) is 0 Å². The van der Waals surface area contributed by atoms with Crippen molar-refractivity contribution in [1.82, 2.24) is 39.8 Å². The second-order valence-electron chi connectivity index (χ2n) is 18.4. The average molecular weight is 939 g/mol. The smallest absolute Gasteiger partial charge is 0.339 e. The molecule has 0 aliphatic carbocycles. The van der Waals surface area contributed by atoms with Crippen LogP contribution < -0.4 is 15.1 Å². The lowest BCUT2D eigenvalue weighted by atomic mass is 10.0. The topological polar surface area (TPSA) is 151 Å². The predicted molar refractivity (Wildman–Crippen MR) is 269 cm³/mol. The fourth-order valence-corrected chi connectivity index (χ4v) is 8.81. The van der Waals surface area contributed by atoms with E-state index in [-0.39, 0.29) is 29.8 Å². The molecule has 2 saturated heterocycles. The number of piperidine rings is 2. The highest BCUT2D eigenvalue weighted by Crippen LogP contribution is 2.30. The maximum Gasteiger partial charge on any atom is 0.339 e. The number of aromatic nitrogens is 6. The largest absolute Gasteiger partial charge is 0.490 e. The Morgan fingerprint density at radius 2 is 1.10 bits per heavy atom. The lowest BCUT2D eigenvalue weighted by Crippen LogP contribution is -2.35. The first-order valence-electron chi connectivity index (χ1n) is 24.0. The zero-order chi connectivity index (χ0) is 48.4. The fourth-order valence-electron chi connectivity index (χ4n) is 8.81. The molecule has 0 spiro atoms. The molecule has 0 saturated carbocycles. The van der Waals surface area contributed by atoms with Crippen LogP contribution in [0.25, 0.3) is 22.1 Å². The number of carbonyl (C=O) groups excluding carboxylic acids is 2. The number of ether oxygens (including phenoxy) is 2. The number of rotatable bonds is 15. The van der Waals surface area contributed by atoms with E-state index in [0.717, 1.165) is 102 Å². The van der Waals surface area contributed by atoms with E-state index in [0.29, 0.717) is 42.5 Å². The number of likely N-dealkylation sites (tertiary alicyclic amines) is 2. The molecule has 14 heteroatoms. The molecular weight excluding hydrogens is 881 g/mol. The van der Waals surface area contributed by atoms with Crippen LogP contribution in [-0.2, 0) is 25.9 Å². The first-order valence-corrected chi connectivity index (χ1v) is 24.0. The number of hydrogen-bond donors (Lipinski definition) is 0. The van der Waals surface area contributed by atoms with Crippen LogP contribution in [0.1, 0.15) is 74.5 Å². The van der Waals surface area contributed by atoms with Crippen molar-refractivity contribution < 1.29 is 23.5 Å². The van der Waals surface area contributed by atoms with E-state index >= 15 is 0 Å². The minimum atomic E-state index is -0.526. The summed E-state index contributed by atoms with van der Waals surface area (Å²) in [5, 5.41) is 17.0. The number of aryl methyl sites for hydroxylation is 1. The standard InChI is InChI=1S/C29H30N4O2.C27H28N4O4/c1-32-17-15-27(16-18-32)35-26-13-11-25(12-14-26)24-9-7-22(8-10-24)19-29(34)28-21-33(31-30-28)20-23-5-3-2-4-6-23;1-18-25(34-22-10-12-30(2)13-11-22)9-8-20-14-21(27(33)35-26(18)20)15-24(32)23-17-31(29-28-23)16-19-6-4-3-5-7-19/h2-14,21,27H,15-20H2,1H3;3-9,14,17,22H,10-13,15-16H2,1-2H3.